The van der Waals surface area contributed by atoms with Crippen molar-refractivity contribution in [2.75, 3.05) is 5.73 Å². The summed E-state index contributed by atoms with van der Waals surface area (Å²) < 4.78 is 38.0. The molecule has 1 nitrogen and oxygen atoms in total. The fourth-order valence-corrected chi connectivity index (χ4v) is 2.21. The second-order valence-corrected chi connectivity index (χ2v) is 5.09. The molecule has 1 rings (SSSR count). The molecule has 0 heterocycles. The van der Waals surface area contributed by atoms with Crippen LogP contribution in [0.4, 0.5) is 18.9 Å². The predicted octanol–water partition coefficient (Wildman–Crippen LogP) is 5.36. The van der Waals surface area contributed by atoms with Crippen molar-refractivity contribution in [2.24, 2.45) is 0 Å². The molecule has 1 atom stereocenters. The van der Waals surface area contributed by atoms with Crippen LogP contribution in [-0.2, 0) is 6.18 Å². The van der Waals surface area contributed by atoms with Gasteiger partial charge in [-0.25, -0.2) is 0 Å². The maximum absolute atomic E-state index is 12.7. The van der Waals surface area contributed by atoms with Gasteiger partial charge in [0.25, 0.3) is 0 Å². The van der Waals surface area contributed by atoms with E-state index >= 15 is 0 Å². The van der Waals surface area contributed by atoms with Gasteiger partial charge < -0.3 is 5.73 Å². The lowest BCUT2D eigenvalue weighted by Gasteiger charge is -2.17. The summed E-state index contributed by atoms with van der Waals surface area (Å²) >= 11 is 0. The van der Waals surface area contributed by atoms with Crippen LogP contribution in [-0.4, -0.2) is 0 Å². The van der Waals surface area contributed by atoms with Gasteiger partial charge in [-0.3, -0.25) is 0 Å². The number of rotatable bonds is 6. The molecule has 0 saturated carbocycles. The Morgan fingerprint density at radius 2 is 1.84 bits per heavy atom. The SMILES string of the molecule is CCCCCCC(C)c1cc(C(F)(F)F)ccc1N. The van der Waals surface area contributed by atoms with Gasteiger partial charge in [-0.05, 0) is 36.1 Å². The molecule has 0 radical (unpaired) electrons. The molecule has 0 aliphatic carbocycles. The first kappa shape index (κ1) is 15.9. The average Bonchev–Trinajstić information content (AvgIpc) is 2.33. The first-order valence-electron chi connectivity index (χ1n) is 6.83. The lowest BCUT2D eigenvalue weighted by atomic mass is 9.92. The third-order valence-electron chi connectivity index (χ3n) is 3.44. The summed E-state index contributed by atoms with van der Waals surface area (Å²) in [5.41, 5.74) is 6.25. The number of nitrogens with two attached hydrogens (primary N) is 1. The third kappa shape index (κ3) is 4.77. The molecule has 0 amide bonds. The topological polar surface area (TPSA) is 26.0 Å². The number of hydrogen-bond acceptors (Lipinski definition) is 1. The molecule has 108 valence electrons. The molecule has 0 aromatic heterocycles. The Kier molecular flexibility index (Phi) is 5.70. The second kappa shape index (κ2) is 6.83. The van der Waals surface area contributed by atoms with E-state index in [4.69, 9.17) is 5.73 Å². The Morgan fingerprint density at radius 1 is 1.16 bits per heavy atom. The highest BCUT2D eigenvalue weighted by atomic mass is 19.4. The maximum Gasteiger partial charge on any atom is 0.416 e. The summed E-state index contributed by atoms with van der Waals surface area (Å²) in [6.45, 7) is 4.08. The van der Waals surface area contributed by atoms with E-state index in [1.807, 2.05) is 6.92 Å². The first-order valence-corrected chi connectivity index (χ1v) is 6.83. The fourth-order valence-electron chi connectivity index (χ4n) is 2.21. The minimum Gasteiger partial charge on any atom is -0.398 e. The van der Waals surface area contributed by atoms with Gasteiger partial charge in [-0.2, -0.15) is 13.2 Å². The van der Waals surface area contributed by atoms with Crippen LogP contribution in [0, 0.1) is 0 Å². The fraction of sp³-hybridized carbons (Fsp3) is 0.600. The number of unbranched alkanes of at least 4 members (excludes halogenated alkanes) is 3. The monoisotopic (exact) mass is 273 g/mol. The van der Waals surface area contributed by atoms with E-state index in [2.05, 4.69) is 6.92 Å². The quantitative estimate of drug-likeness (QED) is 0.548. The van der Waals surface area contributed by atoms with Gasteiger partial charge >= 0.3 is 6.18 Å². The molecular weight excluding hydrogens is 251 g/mol. The van der Waals surface area contributed by atoms with Gasteiger partial charge in [0, 0.05) is 5.69 Å². The van der Waals surface area contributed by atoms with Gasteiger partial charge in [-0.15, -0.1) is 0 Å². The summed E-state index contributed by atoms with van der Waals surface area (Å²) in [6, 6.07) is 3.60. The summed E-state index contributed by atoms with van der Waals surface area (Å²) in [5, 5.41) is 0. The van der Waals surface area contributed by atoms with Gasteiger partial charge in [-0.1, -0.05) is 39.5 Å². The van der Waals surface area contributed by atoms with Crippen molar-refractivity contribution >= 4 is 5.69 Å². The van der Waals surface area contributed by atoms with Crippen molar-refractivity contribution in [2.45, 2.75) is 58.0 Å². The van der Waals surface area contributed by atoms with E-state index in [1.165, 1.54) is 18.6 Å². The smallest absolute Gasteiger partial charge is 0.398 e. The van der Waals surface area contributed by atoms with Crippen molar-refractivity contribution in [3.63, 3.8) is 0 Å². The molecule has 19 heavy (non-hydrogen) atoms. The van der Waals surface area contributed by atoms with Crippen LogP contribution >= 0.6 is 0 Å². The van der Waals surface area contributed by atoms with E-state index < -0.39 is 11.7 Å². The Bertz CT molecular complexity index is 399. The molecule has 0 spiro atoms. The molecule has 1 unspecified atom stereocenters. The Balaban J connectivity index is 2.75. The largest absolute Gasteiger partial charge is 0.416 e. The van der Waals surface area contributed by atoms with Crippen LogP contribution in [0.15, 0.2) is 18.2 Å². The standard InChI is InChI=1S/C15H22F3N/c1-3-4-5-6-7-11(2)13-10-12(15(16,17)18)8-9-14(13)19/h8-11H,3-7,19H2,1-2H3. The molecule has 0 aliphatic heterocycles. The van der Waals surface area contributed by atoms with Gasteiger partial charge in [0.2, 0.25) is 0 Å². The maximum atomic E-state index is 12.7. The number of halogens is 3. The van der Waals surface area contributed by atoms with Crippen molar-refractivity contribution in [3.8, 4) is 0 Å². The molecule has 1 aromatic carbocycles. The molecule has 0 bridgehead atoms. The van der Waals surface area contributed by atoms with Crippen LogP contribution in [0.5, 0.6) is 0 Å². The van der Waals surface area contributed by atoms with Crippen LogP contribution in [0.25, 0.3) is 0 Å². The molecule has 2 N–H and O–H groups in total. The molecular formula is C15H22F3N. The van der Waals surface area contributed by atoms with E-state index in [9.17, 15) is 13.2 Å². The Hall–Kier alpha value is -1.19. The molecule has 4 heteroatoms. The number of benzene rings is 1. The summed E-state index contributed by atoms with van der Waals surface area (Å²) in [4.78, 5) is 0. The Morgan fingerprint density at radius 3 is 2.42 bits per heavy atom. The lowest BCUT2D eigenvalue weighted by Crippen LogP contribution is -2.08. The van der Waals surface area contributed by atoms with Crippen LogP contribution < -0.4 is 5.73 Å². The van der Waals surface area contributed by atoms with Crippen molar-refractivity contribution < 1.29 is 13.2 Å². The Labute approximate surface area is 113 Å². The highest BCUT2D eigenvalue weighted by molar-refractivity contribution is 5.50. The normalized spacial score (nSPS) is 13.5. The van der Waals surface area contributed by atoms with E-state index in [-0.39, 0.29) is 5.92 Å². The molecule has 0 saturated heterocycles. The molecule has 1 aromatic rings. The van der Waals surface area contributed by atoms with E-state index in [0.717, 1.165) is 31.7 Å². The highest BCUT2D eigenvalue weighted by Crippen LogP contribution is 2.34. The number of anilines is 1. The van der Waals surface area contributed by atoms with Crippen molar-refractivity contribution in [3.05, 3.63) is 29.3 Å². The van der Waals surface area contributed by atoms with Gasteiger partial charge in [0.1, 0.15) is 0 Å². The van der Waals surface area contributed by atoms with Crippen molar-refractivity contribution in [1.29, 1.82) is 0 Å². The third-order valence-corrected chi connectivity index (χ3v) is 3.44. The zero-order chi connectivity index (χ0) is 14.5. The molecule has 0 aliphatic rings. The van der Waals surface area contributed by atoms with Crippen LogP contribution in [0.2, 0.25) is 0 Å². The van der Waals surface area contributed by atoms with Crippen LogP contribution in [0.3, 0.4) is 0 Å². The van der Waals surface area contributed by atoms with Crippen molar-refractivity contribution in [1.82, 2.24) is 0 Å². The van der Waals surface area contributed by atoms with E-state index in [1.54, 1.807) is 0 Å². The van der Waals surface area contributed by atoms with E-state index in [0.29, 0.717) is 11.3 Å². The predicted molar refractivity (Wildman–Crippen MR) is 73.0 cm³/mol. The summed E-state index contributed by atoms with van der Waals surface area (Å²) in [5.74, 6) is 0.0687. The number of nitrogen functional groups attached to an aromatic ring is 1. The number of hydrogen-bond donors (Lipinski definition) is 1. The highest BCUT2D eigenvalue weighted by Gasteiger charge is 2.31. The minimum atomic E-state index is -4.30. The summed E-state index contributed by atoms with van der Waals surface area (Å²) in [6.07, 6.45) is 1.06. The van der Waals surface area contributed by atoms with Gasteiger partial charge in [0.15, 0.2) is 0 Å². The summed E-state index contributed by atoms with van der Waals surface area (Å²) in [7, 11) is 0. The lowest BCUT2D eigenvalue weighted by molar-refractivity contribution is -0.137. The first-order chi connectivity index (χ1) is 8.86. The second-order valence-electron chi connectivity index (χ2n) is 5.09. The average molecular weight is 273 g/mol. The minimum absolute atomic E-state index is 0.0687. The van der Waals surface area contributed by atoms with Gasteiger partial charge in [0.05, 0.1) is 5.56 Å². The zero-order valence-electron chi connectivity index (χ0n) is 11.6. The zero-order valence-corrected chi connectivity index (χ0v) is 11.6. The molecule has 0 fully saturated rings. The number of alkyl halides is 3. The van der Waals surface area contributed by atoms with Crippen LogP contribution in [0.1, 0.15) is 63.0 Å².